The summed E-state index contributed by atoms with van der Waals surface area (Å²) >= 11 is 0. The molecule has 34 heavy (non-hydrogen) atoms. The van der Waals surface area contributed by atoms with E-state index in [2.05, 4.69) is 27.8 Å². The molecule has 1 saturated carbocycles. The van der Waals surface area contributed by atoms with Crippen LogP contribution in [-0.4, -0.2) is 36.2 Å². The minimum Gasteiger partial charge on any atom is -0.454 e. The summed E-state index contributed by atoms with van der Waals surface area (Å²) in [5.74, 6) is 1.15. The van der Waals surface area contributed by atoms with Crippen molar-refractivity contribution < 1.29 is 19.1 Å². The Morgan fingerprint density at radius 3 is 2.68 bits per heavy atom. The molecule has 1 aliphatic carbocycles. The highest BCUT2D eigenvalue weighted by molar-refractivity contribution is 5.89. The normalized spacial score (nSPS) is 17.3. The third-order valence-corrected chi connectivity index (χ3v) is 7.19. The molecule has 0 saturated heterocycles. The lowest BCUT2D eigenvalue weighted by atomic mass is 9.69. The first-order valence-electron chi connectivity index (χ1n) is 12.0. The fourth-order valence-electron chi connectivity index (χ4n) is 5.38. The van der Waals surface area contributed by atoms with Crippen molar-refractivity contribution in [2.24, 2.45) is 0 Å². The smallest absolute Gasteiger partial charge is 0.242 e. The van der Waals surface area contributed by atoms with Crippen LogP contribution in [0, 0.1) is 0 Å². The number of nitrogens with one attached hydrogen (secondary N) is 3. The molecule has 3 aromatic rings. The minimum absolute atomic E-state index is 0.156. The van der Waals surface area contributed by atoms with Crippen molar-refractivity contribution >= 4 is 22.7 Å². The van der Waals surface area contributed by atoms with Gasteiger partial charge >= 0.3 is 0 Å². The summed E-state index contributed by atoms with van der Waals surface area (Å²) in [5.41, 5.74) is 3.04. The standard InChI is InChI=1S/C27H31N3O4/c1-18(31)30-23(13-19-15-28-22-8-4-3-7-21(19)22)26(32)29-16-27(11-5-2-6-12-27)20-9-10-24-25(14-20)34-17-33-24/h3-4,7-10,14-15,23,28H,2,5-6,11-13,16-17H2,1H3,(H,29,32)(H,30,31). The lowest BCUT2D eigenvalue weighted by Gasteiger charge is -2.38. The van der Waals surface area contributed by atoms with Gasteiger partial charge in [0.15, 0.2) is 11.5 Å². The molecule has 7 nitrogen and oxygen atoms in total. The Labute approximate surface area is 199 Å². The SMILES string of the molecule is CC(=O)NC(Cc1c[nH]c2ccccc12)C(=O)NCC1(c2ccc3c(c2)OCO3)CCCCC1. The second-order valence-electron chi connectivity index (χ2n) is 9.44. The number of carbonyl (C=O) groups is 2. The van der Waals surface area contributed by atoms with E-state index >= 15 is 0 Å². The van der Waals surface area contributed by atoms with E-state index in [1.54, 1.807) is 0 Å². The topological polar surface area (TPSA) is 92.5 Å². The van der Waals surface area contributed by atoms with E-state index in [0.29, 0.717) is 13.0 Å². The molecule has 3 N–H and O–H groups in total. The van der Waals surface area contributed by atoms with Crippen LogP contribution in [0.5, 0.6) is 11.5 Å². The van der Waals surface area contributed by atoms with Crippen molar-refractivity contribution in [1.29, 1.82) is 0 Å². The summed E-state index contributed by atoms with van der Waals surface area (Å²) < 4.78 is 11.1. The van der Waals surface area contributed by atoms with Crippen molar-refractivity contribution in [2.75, 3.05) is 13.3 Å². The molecule has 2 heterocycles. The number of rotatable bonds is 7. The number of amides is 2. The van der Waals surface area contributed by atoms with Crippen molar-refractivity contribution in [3.63, 3.8) is 0 Å². The molecular formula is C27H31N3O4. The van der Waals surface area contributed by atoms with Crippen molar-refractivity contribution in [3.8, 4) is 11.5 Å². The number of benzene rings is 2. The van der Waals surface area contributed by atoms with Gasteiger partial charge in [0.2, 0.25) is 18.6 Å². The summed E-state index contributed by atoms with van der Waals surface area (Å²) in [6.07, 6.45) is 7.79. The number of carbonyl (C=O) groups excluding carboxylic acids is 2. The van der Waals surface area contributed by atoms with Gasteiger partial charge in [0.25, 0.3) is 0 Å². The molecule has 0 radical (unpaired) electrons. The number of H-pyrrole nitrogens is 1. The Morgan fingerprint density at radius 2 is 1.85 bits per heavy atom. The van der Waals surface area contributed by atoms with E-state index in [9.17, 15) is 9.59 Å². The van der Waals surface area contributed by atoms with E-state index in [4.69, 9.17) is 9.47 Å². The van der Waals surface area contributed by atoms with Crippen LogP contribution in [-0.2, 0) is 21.4 Å². The Hall–Kier alpha value is -3.48. The predicted molar refractivity (Wildman–Crippen MR) is 130 cm³/mol. The average molecular weight is 462 g/mol. The number of hydrogen-bond donors (Lipinski definition) is 3. The summed E-state index contributed by atoms with van der Waals surface area (Å²) in [4.78, 5) is 28.5. The average Bonchev–Trinajstić information content (AvgIpc) is 3.49. The van der Waals surface area contributed by atoms with Crippen molar-refractivity contribution in [1.82, 2.24) is 15.6 Å². The zero-order valence-corrected chi connectivity index (χ0v) is 19.5. The maximum Gasteiger partial charge on any atom is 0.242 e. The highest BCUT2D eigenvalue weighted by atomic mass is 16.7. The fourth-order valence-corrected chi connectivity index (χ4v) is 5.38. The largest absolute Gasteiger partial charge is 0.454 e. The quantitative estimate of drug-likeness (QED) is 0.497. The van der Waals surface area contributed by atoms with Crippen LogP contribution < -0.4 is 20.1 Å². The van der Waals surface area contributed by atoms with Gasteiger partial charge in [0, 0.05) is 42.4 Å². The Morgan fingerprint density at radius 1 is 1.06 bits per heavy atom. The van der Waals surface area contributed by atoms with Crippen LogP contribution in [0.4, 0.5) is 0 Å². The molecule has 7 heteroatoms. The lowest BCUT2D eigenvalue weighted by Crippen LogP contribution is -2.51. The molecule has 2 aromatic carbocycles. The third kappa shape index (κ3) is 4.47. The molecule has 2 amide bonds. The van der Waals surface area contributed by atoms with Gasteiger partial charge in [-0.3, -0.25) is 9.59 Å². The van der Waals surface area contributed by atoms with Crippen LogP contribution in [0.2, 0.25) is 0 Å². The molecule has 1 aromatic heterocycles. The van der Waals surface area contributed by atoms with Crippen LogP contribution in [0.25, 0.3) is 10.9 Å². The zero-order valence-electron chi connectivity index (χ0n) is 19.5. The molecule has 0 spiro atoms. The van der Waals surface area contributed by atoms with E-state index < -0.39 is 6.04 Å². The maximum absolute atomic E-state index is 13.4. The van der Waals surface area contributed by atoms with Crippen LogP contribution >= 0.6 is 0 Å². The monoisotopic (exact) mass is 461 g/mol. The van der Waals surface area contributed by atoms with Crippen LogP contribution in [0.1, 0.15) is 50.2 Å². The van der Waals surface area contributed by atoms with Crippen LogP contribution in [0.15, 0.2) is 48.7 Å². The lowest BCUT2D eigenvalue weighted by molar-refractivity contribution is -0.128. The predicted octanol–water partition coefficient (Wildman–Crippen LogP) is 3.96. The summed E-state index contributed by atoms with van der Waals surface area (Å²) in [6, 6.07) is 13.5. The summed E-state index contributed by atoms with van der Waals surface area (Å²) in [7, 11) is 0. The molecular weight excluding hydrogens is 430 g/mol. The van der Waals surface area contributed by atoms with Crippen molar-refractivity contribution in [2.45, 2.75) is 56.9 Å². The van der Waals surface area contributed by atoms with Gasteiger partial charge < -0.3 is 25.1 Å². The van der Waals surface area contributed by atoms with Gasteiger partial charge in [0.05, 0.1) is 0 Å². The highest BCUT2D eigenvalue weighted by Crippen LogP contribution is 2.43. The Balaban J connectivity index is 1.35. The van der Waals surface area contributed by atoms with E-state index in [1.165, 1.54) is 18.9 Å². The Kier molecular flexibility index (Phi) is 6.18. The molecule has 1 fully saturated rings. The van der Waals surface area contributed by atoms with Gasteiger partial charge in [-0.1, -0.05) is 43.5 Å². The van der Waals surface area contributed by atoms with Gasteiger partial charge in [-0.25, -0.2) is 0 Å². The third-order valence-electron chi connectivity index (χ3n) is 7.19. The Bertz CT molecular complexity index is 1200. The number of aromatic nitrogens is 1. The summed E-state index contributed by atoms with van der Waals surface area (Å²) in [6.45, 7) is 2.22. The number of aromatic amines is 1. The van der Waals surface area contributed by atoms with E-state index in [0.717, 1.165) is 53.6 Å². The molecule has 1 aliphatic heterocycles. The van der Waals surface area contributed by atoms with E-state index in [1.807, 2.05) is 36.5 Å². The second-order valence-corrected chi connectivity index (χ2v) is 9.44. The van der Waals surface area contributed by atoms with Gasteiger partial charge in [-0.05, 0) is 42.2 Å². The zero-order chi connectivity index (χ0) is 23.5. The van der Waals surface area contributed by atoms with Gasteiger partial charge in [-0.2, -0.15) is 0 Å². The van der Waals surface area contributed by atoms with Crippen LogP contribution in [0.3, 0.4) is 0 Å². The molecule has 1 unspecified atom stereocenters. The fraction of sp³-hybridized carbons (Fsp3) is 0.407. The van der Waals surface area contributed by atoms with Gasteiger partial charge in [-0.15, -0.1) is 0 Å². The minimum atomic E-state index is -0.644. The first-order chi connectivity index (χ1) is 16.5. The first kappa shape index (κ1) is 22.3. The molecule has 5 rings (SSSR count). The van der Waals surface area contributed by atoms with E-state index in [-0.39, 0.29) is 24.0 Å². The second kappa shape index (κ2) is 9.41. The number of para-hydroxylation sites is 1. The highest BCUT2D eigenvalue weighted by Gasteiger charge is 2.36. The summed E-state index contributed by atoms with van der Waals surface area (Å²) in [5, 5.41) is 7.11. The molecule has 178 valence electrons. The number of ether oxygens (including phenoxy) is 2. The molecule has 2 aliphatic rings. The number of fused-ring (bicyclic) bond motifs is 2. The van der Waals surface area contributed by atoms with Crippen molar-refractivity contribution in [3.05, 3.63) is 59.8 Å². The maximum atomic E-state index is 13.4. The first-order valence-corrected chi connectivity index (χ1v) is 12.0. The molecule has 0 bridgehead atoms. The number of hydrogen-bond acceptors (Lipinski definition) is 4. The van der Waals surface area contributed by atoms with Gasteiger partial charge in [0.1, 0.15) is 6.04 Å². The molecule has 1 atom stereocenters.